The van der Waals surface area contributed by atoms with E-state index in [-0.39, 0.29) is 171 Å². The molecule has 4 aromatic carbocycles. The molecule has 5 N–H and O–H groups in total. The van der Waals surface area contributed by atoms with Crippen molar-refractivity contribution in [3.8, 4) is 0 Å². The second kappa shape index (κ2) is 29.4. The molecule has 0 bridgehead atoms. The Balaban J connectivity index is 0.0000102. The van der Waals surface area contributed by atoms with E-state index < -0.39 is 107 Å². The minimum absolute atomic E-state index is 0. The Kier molecular flexibility index (Phi) is 29.1. The normalized spacial score (nSPS) is 11.9. The Morgan fingerprint density at radius 1 is 0.615 bits per heavy atom. The number of amides is 1. The van der Waals surface area contributed by atoms with Crippen LogP contribution in [0.2, 0.25) is 0 Å². The topological polar surface area (TPSA) is 415 Å². The molecule has 36 heteroatoms. The summed E-state index contributed by atoms with van der Waals surface area (Å²) in [7, 11) is -19.1. The van der Waals surface area contributed by atoms with Gasteiger partial charge in [-0.25, -0.2) is 33.7 Å². The van der Waals surface area contributed by atoms with Crippen LogP contribution in [-0.2, 0) is 67.0 Å². The molecule has 0 unspecified atom stereocenters. The van der Waals surface area contributed by atoms with Gasteiger partial charge in [-0.2, -0.15) is 5.11 Å². The number of benzene rings is 4. The summed E-state index contributed by atoms with van der Waals surface area (Å²) < 4.78 is 141. The Labute approximate surface area is 467 Å². The molecule has 0 aliphatic carbocycles. The second-order valence-electron chi connectivity index (χ2n) is 11.2. The Morgan fingerprint density at radius 3 is 1.71 bits per heavy atom. The molecule has 0 aliphatic rings. The summed E-state index contributed by atoms with van der Waals surface area (Å²) in [6.45, 7) is -0.961. The zero-order valence-electron chi connectivity index (χ0n) is 33.9. The first-order chi connectivity index (χ1) is 28.7. The summed E-state index contributed by atoms with van der Waals surface area (Å²) in [5, 5.41) is 43.2. The molecule has 1 amide bonds. The van der Waals surface area contributed by atoms with Gasteiger partial charge in [0.25, 0.3) is 5.91 Å². The third-order valence-corrected chi connectivity index (χ3v) is 13.2. The van der Waals surface area contributed by atoms with E-state index in [2.05, 4.69) is 48.7 Å². The van der Waals surface area contributed by atoms with Crippen LogP contribution in [0.3, 0.4) is 0 Å². The van der Waals surface area contributed by atoms with Crippen LogP contribution in [0.25, 0.3) is 0 Å². The van der Waals surface area contributed by atoms with E-state index in [1.54, 1.807) is 0 Å². The van der Waals surface area contributed by atoms with Gasteiger partial charge in [-0.3, -0.25) is 23.2 Å². The molecule has 0 saturated carbocycles. The van der Waals surface area contributed by atoms with Gasteiger partial charge < -0.3 is 36.4 Å². The second-order valence-corrected chi connectivity index (χ2v) is 19.2. The van der Waals surface area contributed by atoms with Crippen molar-refractivity contribution >= 4 is 110 Å². The average Bonchev–Trinajstić information content (AvgIpc) is 3.19. The van der Waals surface area contributed by atoms with E-state index in [1.165, 1.54) is 48.5 Å². The first-order valence-electron chi connectivity index (χ1n) is 15.8. The summed E-state index contributed by atoms with van der Waals surface area (Å²) in [5.41, 5.74) is 8.57. The van der Waals surface area contributed by atoms with Crippen molar-refractivity contribution in [3.63, 3.8) is 0 Å². The minimum atomic E-state index is -5.47. The fourth-order valence-corrected chi connectivity index (χ4v) is 8.79. The molecule has 0 fully saturated rings. The van der Waals surface area contributed by atoms with Gasteiger partial charge >= 0.3 is 118 Å². The zero-order valence-corrected chi connectivity index (χ0v) is 46.8. The molecule has 0 aliphatic heterocycles. The Bertz CT molecular complexity index is 2780. The number of carbonyl (C=O) groups is 1. The molecule has 0 aromatic heterocycles. The van der Waals surface area contributed by atoms with Gasteiger partial charge in [-0.1, -0.05) is 12.1 Å². The van der Waals surface area contributed by atoms with Crippen LogP contribution in [0.15, 0.2) is 113 Å². The first kappa shape index (κ1) is 64.2. The SMILES string of the molecule is Nc1c(N=Nc2ccc(S(=O)(=O)CCOSOO[O-])cc2S(=O)(=O)[O-])cc(S(=O)(=O)[O-])c(N)c1N=Nc1cccc(C(=O)Nc2cccc(S(=O)(=O)CCOSOO[O-])c2)c1.[Na+].[Na+].[Na+].[Na+]. The van der Waals surface area contributed by atoms with Gasteiger partial charge in [0.05, 0.1) is 61.4 Å². The zero-order chi connectivity index (χ0) is 45.0. The number of sulfone groups is 2. The number of nitrogen functional groups attached to an aromatic ring is 2. The Morgan fingerprint density at radius 2 is 1.15 bits per heavy atom. The number of nitrogens with two attached hydrogens (primary N) is 2. The van der Waals surface area contributed by atoms with Gasteiger partial charge in [-0.15, -0.1) is 24.0 Å². The van der Waals surface area contributed by atoms with Crippen molar-refractivity contribution in [2.24, 2.45) is 20.5 Å². The summed E-state index contributed by atoms with van der Waals surface area (Å²) >= 11 is 0.145. The van der Waals surface area contributed by atoms with Gasteiger partial charge in [0.15, 0.2) is 44.3 Å². The molecular weight excluding hydrogens is 1030 g/mol. The van der Waals surface area contributed by atoms with Crippen LogP contribution in [0.4, 0.5) is 39.8 Å². The van der Waals surface area contributed by atoms with E-state index in [1.807, 2.05) is 0 Å². The molecule has 26 nitrogen and oxygen atoms in total. The van der Waals surface area contributed by atoms with Crippen molar-refractivity contribution in [3.05, 3.63) is 78.4 Å². The number of carbonyl (C=O) groups excluding carboxylic acids is 1. The predicted octanol–water partition coefficient (Wildman–Crippen LogP) is -10.1. The van der Waals surface area contributed by atoms with Gasteiger partial charge in [0.1, 0.15) is 37.3 Å². The number of hydrogen-bond acceptors (Lipinski definition) is 27. The number of azo groups is 2. The van der Waals surface area contributed by atoms with E-state index >= 15 is 0 Å². The number of nitrogens with one attached hydrogen (secondary N) is 1. The van der Waals surface area contributed by atoms with Crippen LogP contribution in [0, 0.1) is 0 Å². The number of anilines is 3. The number of rotatable bonds is 22. The third kappa shape index (κ3) is 19.5. The van der Waals surface area contributed by atoms with Crippen molar-refractivity contribution in [2.45, 2.75) is 19.6 Å². The van der Waals surface area contributed by atoms with Crippen LogP contribution in [0.1, 0.15) is 10.4 Å². The summed E-state index contributed by atoms with van der Waals surface area (Å²) in [6, 6.07) is 13.1. The monoisotopic (exact) mass is 1060 g/mol. The maximum Gasteiger partial charge on any atom is 1.00 e. The van der Waals surface area contributed by atoms with Crippen molar-refractivity contribution < 1.29 is 203 Å². The van der Waals surface area contributed by atoms with Gasteiger partial charge in [-0.05, 0) is 60.7 Å². The van der Waals surface area contributed by atoms with Crippen LogP contribution in [-0.4, -0.2) is 73.4 Å². The summed E-state index contributed by atoms with van der Waals surface area (Å²) in [6.07, 6.45) is 0. The largest absolute Gasteiger partial charge is 1.00 e. The molecule has 0 heterocycles. The average molecular weight is 1060 g/mol. The molecule has 4 aromatic rings. The number of nitrogens with zero attached hydrogens (tertiary/aromatic N) is 4. The van der Waals surface area contributed by atoms with Gasteiger partial charge in [0.2, 0.25) is 0 Å². The van der Waals surface area contributed by atoms with Gasteiger partial charge in [0, 0.05) is 11.3 Å². The van der Waals surface area contributed by atoms with Crippen LogP contribution in [0.5, 0.6) is 0 Å². The molecule has 0 saturated heterocycles. The minimum Gasteiger partial charge on any atom is -0.744 e. The molecule has 65 heavy (non-hydrogen) atoms. The van der Waals surface area contributed by atoms with E-state index in [0.717, 1.165) is 12.1 Å². The number of hydrogen-bond donors (Lipinski definition) is 3. The quantitative estimate of drug-likeness (QED) is 0.00961. The van der Waals surface area contributed by atoms with Crippen LogP contribution >= 0.6 is 24.6 Å². The summed E-state index contributed by atoms with van der Waals surface area (Å²) in [5.74, 6) is -2.06. The van der Waals surface area contributed by atoms with Crippen molar-refractivity contribution in [1.82, 2.24) is 0 Å². The molecular formula is C29H25N7Na4O19S6. The molecule has 4 rings (SSSR count). The molecule has 0 spiro atoms. The fraction of sp³-hybridized carbons (Fsp3) is 0.138. The van der Waals surface area contributed by atoms with E-state index in [0.29, 0.717) is 12.1 Å². The maximum atomic E-state index is 13.1. The van der Waals surface area contributed by atoms with Crippen LogP contribution < -0.4 is 146 Å². The molecule has 330 valence electrons. The summed E-state index contributed by atoms with van der Waals surface area (Å²) in [4.78, 5) is 9.95. The molecule has 0 radical (unpaired) electrons. The third-order valence-electron chi connectivity index (χ3n) is 7.32. The maximum absolute atomic E-state index is 13.1. The predicted molar refractivity (Wildman–Crippen MR) is 202 cm³/mol. The molecule has 0 atom stereocenters. The van der Waals surface area contributed by atoms with E-state index in [9.17, 15) is 58.1 Å². The smallest absolute Gasteiger partial charge is 0.744 e. The van der Waals surface area contributed by atoms with Crippen molar-refractivity contribution in [2.75, 3.05) is 41.5 Å². The van der Waals surface area contributed by atoms with E-state index in [4.69, 9.17) is 15.7 Å². The first-order valence-corrected chi connectivity index (χ1v) is 23.2. The Hall–Kier alpha value is -0.750. The standard InChI is InChI=1S/C29H29N7O19S6.4Na/c30-26-23(35-34-22-8-7-21(15-24(22)60(44,45)46)59(42,43)12-10-51-57-55-53-39)16-25(61(47,48)49)27(31)28(26)36-33-19-5-1-3-17(13-19)29(37)32-18-4-2-6-20(14-18)58(40,41)11-9-50-56-54-52-38;;;;/h1-8,13-16,38-39H,9-12,30-31H2,(H,32,37)(H,44,45,46)(H,47,48,49);;;;/q;4*+1/p-4. The fourth-order valence-electron chi connectivity index (χ4n) is 4.58. The van der Waals surface area contributed by atoms with Crippen molar-refractivity contribution in [1.29, 1.82) is 0 Å².